The fraction of sp³-hybridized carbons (Fsp3) is 0.133. The molecule has 3 rings (SSSR count). The van der Waals surface area contributed by atoms with Crippen LogP contribution in [0, 0.1) is 0 Å². The number of hydrogen-bond acceptors (Lipinski definition) is 5. The topological polar surface area (TPSA) is 49.3 Å². The molecule has 1 amide bonds. The molecule has 0 bridgehead atoms. The summed E-state index contributed by atoms with van der Waals surface area (Å²) < 4.78 is 0.599. The molecule has 114 valence electrons. The lowest BCUT2D eigenvalue weighted by molar-refractivity contribution is 0.0955. The van der Waals surface area contributed by atoms with Crippen molar-refractivity contribution in [1.82, 2.24) is 5.32 Å². The first-order chi connectivity index (χ1) is 10.6. The molecular weight excluding hydrogens is 358 g/mol. The van der Waals surface area contributed by atoms with Crippen LogP contribution in [0.2, 0.25) is 4.34 Å². The van der Waals surface area contributed by atoms with Gasteiger partial charge in [0, 0.05) is 9.75 Å². The normalized spacial score (nSPS) is 12.3. The molecular formula is C15H12ClNO2S3. The van der Waals surface area contributed by atoms with Gasteiger partial charge in [-0.2, -0.15) is 11.3 Å². The van der Waals surface area contributed by atoms with E-state index in [1.54, 1.807) is 23.5 Å². The quantitative estimate of drug-likeness (QED) is 0.693. The van der Waals surface area contributed by atoms with Gasteiger partial charge in [-0.1, -0.05) is 11.6 Å². The van der Waals surface area contributed by atoms with E-state index in [-0.39, 0.29) is 5.91 Å². The second-order valence-electron chi connectivity index (χ2n) is 4.55. The van der Waals surface area contributed by atoms with E-state index in [9.17, 15) is 9.90 Å². The Morgan fingerprint density at radius 2 is 2.09 bits per heavy atom. The highest BCUT2D eigenvalue weighted by Crippen LogP contribution is 2.29. The monoisotopic (exact) mass is 369 g/mol. The summed E-state index contributed by atoms with van der Waals surface area (Å²) in [5.41, 5.74) is 0.899. The molecule has 0 aromatic carbocycles. The van der Waals surface area contributed by atoms with Gasteiger partial charge >= 0.3 is 0 Å². The Morgan fingerprint density at radius 3 is 2.77 bits per heavy atom. The van der Waals surface area contributed by atoms with Crippen molar-refractivity contribution in [2.75, 3.05) is 0 Å². The summed E-state index contributed by atoms with van der Waals surface area (Å²) >= 11 is 10.1. The minimum Gasteiger partial charge on any atom is -0.383 e. The van der Waals surface area contributed by atoms with E-state index in [0.29, 0.717) is 15.8 Å². The lowest BCUT2D eigenvalue weighted by Gasteiger charge is -2.05. The summed E-state index contributed by atoms with van der Waals surface area (Å²) in [5, 5.41) is 17.0. The highest BCUT2D eigenvalue weighted by molar-refractivity contribution is 7.18. The van der Waals surface area contributed by atoms with Gasteiger partial charge in [-0.3, -0.25) is 4.79 Å². The molecule has 1 unspecified atom stereocenters. The van der Waals surface area contributed by atoms with Gasteiger partial charge in [0.05, 0.1) is 15.8 Å². The van der Waals surface area contributed by atoms with Crippen LogP contribution in [0.1, 0.15) is 31.1 Å². The van der Waals surface area contributed by atoms with Crippen molar-refractivity contribution in [2.24, 2.45) is 0 Å². The SMILES string of the molecule is O=C(NCc1ccc(C(O)c2ccsc2)s1)c1ccc(Cl)s1. The standard InChI is InChI=1S/C15H12ClNO2S3/c16-13-4-3-12(22-13)15(19)17-7-10-1-2-11(21-10)14(18)9-5-6-20-8-9/h1-6,8,14,18H,7H2,(H,17,19). The average Bonchev–Trinajstić information content (AvgIpc) is 3.25. The minimum atomic E-state index is -0.600. The van der Waals surface area contributed by atoms with Crippen LogP contribution in [0.4, 0.5) is 0 Å². The predicted molar refractivity (Wildman–Crippen MR) is 93.2 cm³/mol. The van der Waals surface area contributed by atoms with Crippen molar-refractivity contribution in [1.29, 1.82) is 0 Å². The molecule has 0 aliphatic rings. The third-order valence-electron chi connectivity index (χ3n) is 3.03. The number of amides is 1. The summed E-state index contributed by atoms with van der Waals surface area (Å²) in [5.74, 6) is -0.134. The molecule has 3 heterocycles. The van der Waals surface area contributed by atoms with Crippen LogP contribution in [-0.2, 0) is 6.54 Å². The molecule has 0 spiro atoms. The van der Waals surface area contributed by atoms with E-state index in [4.69, 9.17) is 11.6 Å². The molecule has 3 aromatic heterocycles. The van der Waals surface area contributed by atoms with E-state index in [1.165, 1.54) is 22.7 Å². The van der Waals surface area contributed by atoms with E-state index in [1.807, 2.05) is 29.0 Å². The fourth-order valence-corrected chi connectivity index (χ4v) is 4.53. The van der Waals surface area contributed by atoms with E-state index in [0.717, 1.165) is 15.3 Å². The molecule has 0 saturated heterocycles. The van der Waals surface area contributed by atoms with Crippen molar-refractivity contribution in [2.45, 2.75) is 12.6 Å². The Morgan fingerprint density at radius 1 is 1.23 bits per heavy atom. The number of thiophene rings is 3. The third-order valence-corrected chi connectivity index (χ3v) is 6.10. The second kappa shape index (κ2) is 6.93. The lowest BCUT2D eigenvalue weighted by Crippen LogP contribution is -2.21. The Balaban J connectivity index is 1.61. The molecule has 3 nitrogen and oxygen atoms in total. The first-order valence-corrected chi connectivity index (χ1v) is 9.41. The number of carbonyl (C=O) groups is 1. The zero-order valence-corrected chi connectivity index (χ0v) is 14.5. The molecule has 1 atom stereocenters. The summed E-state index contributed by atoms with van der Waals surface area (Å²) in [7, 11) is 0. The predicted octanol–water partition coefficient (Wildman–Crippen LogP) is 4.54. The van der Waals surface area contributed by atoms with Crippen molar-refractivity contribution >= 4 is 51.5 Å². The van der Waals surface area contributed by atoms with Crippen LogP contribution in [0.5, 0.6) is 0 Å². The maximum Gasteiger partial charge on any atom is 0.261 e. The van der Waals surface area contributed by atoms with Crippen molar-refractivity contribution in [3.63, 3.8) is 0 Å². The Kier molecular flexibility index (Phi) is 4.95. The maximum absolute atomic E-state index is 12.0. The summed E-state index contributed by atoms with van der Waals surface area (Å²) in [6.45, 7) is 0.440. The van der Waals surface area contributed by atoms with Crippen LogP contribution >= 0.6 is 45.6 Å². The zero-order valence-electron chi connectivity index (χ0n) is 11.3. The largest absolute Gasteiger partial charge is 0.383 e. The summed E-state index contributed by atoms with van der Waals surface area (Å²) in [4.78, 5) is 14.4. The number of aliphatic hydroxyl groups excluding tert-OH is 1. The number of nitrogens with one attached hydrogen (secondary N) is 1. The average molecular weight is 370 g/mol. The van der Waals surface area contributed by atoms with Gasteiger partial charge in [0.1, 0.15) is 6.10 Å². The van der Waals surface area contributed by atoms with Crippen molar-refractivity contribution in [3.05, 3.63) is 65.6 Å². The van der Waals surface area contributed by atoms with Gasteiger partial charge in [0.25, 0.3) is 5.91 Å². The lowest BCUT2D eigenvalue weighted by atomic mass is 10.2. The van der Waals surface area contributed by atoms with Crippen molar-refractivity contribution in [3.8, 4) is 0 Å². The molecule has 0 radical (unpaired) electrons. The van der Waals surface area contributed by atoms with Crippen LogP contribution in [0.25, 0.3) is 0 Å². The Labute approximate surface area is 144 Å². The molecule has 0 fully saturated rings. The molecule has 22 heavy (non-hydrogen) atoms. The molecule has 2 N–H and O–H groups in total. The van der Waals surface area contributed by atoms with E-state index >= 15 is 0 Å². The molecule has 0 aliphatic heterocycles. The Bertz CT molecular complexity index is 763. The number of carbonyl (C=O) groups excluding carboxylic acids is 1. The summed E-state index contributed by atoms with van der Waals surface area (Å²) in [6.07, 6.45) is -0.600. The number of hydrogen-bond donors (Lipinski definition) is 2. The fourth-order valence-electron chi connectivity index (χ4n) is 1.92. The van der Waals surface area contributed by atoms with Gasteiger partial charge in [-0.05, 0) is 46.7 Å². The van der Waals surface area contributed by atoms with Crippen LogP contribution in [0.15, 0.2) is 41.1 Å². The molecule has 3 aromatic rings. The van der Waals surface area contributed by atoms with E-state index in [2.05, 4.69) is 5.32 Å². The first-order valence-electron chi connectivity index (χ1n) is 6.46. The van der Waals surface area contributed by atoms with Crippen molar-refractivity contribution < 1.29 is 9.90 Å². The van der Waals surface area contributed by atoms with Gasteiger partial charge in [0.2, 0.25) is 0 Å². The smallest absolute Gasteiger partial charge is 0.261 e. The van der Waals surface area contributed by atoms with Crippen LogP contribution in [0.3, 0.4) is 0 Å². The van der Waals surface area contributed by atoms with Gasteiger partial charge in [-0.15, -0.1) is 22.7 Å². The number of rotatable bonds is 5. The van der Waals surface area contributed by atoms with Gasteiger partial charge < -0.3 is 10.4 Å². The molecule has 0 saturated carbocycles. The first kappa shape index (κ1) is 15.7. The number of halogens is 1. The molecule has 0 aliphatic carbocycles. The number of aliphatic hydroxyl groups is 1. The zero-order chi connectivity index (χ0) is 15.5. The van der Waals surface area contributed by atoms with Crippen LogP contribution in [-0.4, -0.2) is 11.0 Å². The Hall–Kier alpha value is -1.18. The third kappa shape index (κ3) is 3.59. The molecule has 7 heteroatoms. The minimum absolute atomic E-state index is 0.134. The van der Waals surface area contributed by atoms with Gasteiger partial charge in [-0.25, -0.2) is 0 Å². The summed E-state index contributed by atoms with van der Waals surface area (Å²) in [6, 6.07) is 9.16. The van der Waals surface area contributed by atoms with E-state index < -0.39 is 6.10 Å². The highest BCUT2D eigenvalue weighted by atomic mass is 35.5. The van der Waals surface area contributed by atoms with Gasteiger partial charge in [0.15, 0.2) is 0 Å². The van der Waals surface area contributed by atoms with Crippen LogP contribution < -0.4 is 5.32 Å². The maximum atomic E-state index is 12.0. The highest BCUT2D eigenvalue weighted by Gasteiger charge is 2.14. The second-order valence-corrected chi connectivity index (χ2v) is 8.24.